The van der Waals surface area contributed by atoms with Crippen LogP contribution in [0.15, 0.2) is 91.0 Å². The Balaban J connectivity index is 1.40. The van der Waals surface area contributed by atoms with Gasteiger partial charge in [0.05, 0.1) is 0 Å². The van der Waals surface area contributed by atoms with Gasteiger partial charge in [-0.2, -0.15) is 0 Å². The van der Waals surface area contributed by atoms with Gasteiger partial charge in [0.1, 0.15) is 0 Å². The maximum absolute atomic E-state index is 2.91. The zero-order valence-electron chi connectivity index (χ0n) is 19.1. The van der Waals surface area contributed by atoms with E-state index in [-0.39, 0.29) is 5.41 Å². The minimum Gasteiger partial charge on any atom is -0.300 e. The molecule has 0 N–H and O–H groups in total. The molecular formula is C31H35N. The summed E-state index contributed by atoms with van der Waals surface area (Å²) in [5, 5.41) is 0. The third-order valence-electron chi connectivity index (χ3n) is 8.79. The molecule has 2 saturated carbocycles. The van der Waals surface area contributed by atoms with Gasteiger partial charge in [-0.25, -0.2) is 0 Å². The highest BCUT2D eigenvalue weighted by atomic mass is 15.2. The van der Waals surface area contributed by atoms with Crippen molar-refractivity contribution in [2.24, 2.45) is 17.8 Å². The summed E-state index contributed by atoms with van der Waals surface area (Å²) in [4.78, 5) is 2.91. The van der Waals surface area contributed by atoms with Crippen molar-refractivity contribution < 1.29 is 0 Å². The van der Waals surface area contributed by atoms with Gasteiger partial charge in [-0.1, -0.05) is 91.0 Å². The van der Waals surface area contributed by atoms with Crippen LogP contribution in [0.3, 0.4) is 0 Å². The molecule has 0 spiro atoms. The van der Waals surface area contributed by atoms with E-state index in [1.54, 1.807) is 0 Å². The molecule has 2 saturated heterocycles. The van der Waals surface area contributed by atoms with Gasteiger partial charge in [-0.05, 0) is 79.5 Å². The van der Waals surface area contributed by atoms with E-state index in [4.69, 9.17) is 0 Å². The van der Waals surface area contributed by atoms with E-state index in [1.807, 2.05) is 0 Å². The summed E-state index contributed by atoms with van der Waals surface area (Å²) in [6.07, 6.45) is 8.52. The van der Waals surface area contributed by atoms with E-state index in [0.29, 0.717) is 0 Å². The molecule has 7 rings (SSSR count). The highest BCUT2D eigenvalue weighted by molar-refractivity contribution is 5.50. The first-order chi connectivity index (χ1) is 15.8. The summed E-state index contributed by atoms with van der Waals surface area (Å²) in [6.45, 7) is 2.51. The van der Waals surface area contributed by atoms with Gasteiger partial charge in [-0.15, -0.1) is 0 Å². The highest BCUT2D eigenvalue weighted by Gasteiger charge is 2.44. The lowest BCUT2D eigenvalue weighted by Gasteiger charge is -2.41. The van der Waals surface area contributed by atoms with E-state index in [0.717, 1.165) is 30.2 Å². The molecule has 2 aliphatic heterocycles. The summed E-state index contributed by atoms with van der Waals surface area (Å²) in [7, 11) is 0. The number of hydrogen-bond donors (Lipinski definition) is 0. The first-order valence-electron chi connectivity index (χ1n) is 12.7. The lowest BCUT2D eigenvalue weighted by molar-refractivity contribution is 0.123. The van der Waals surface area contributed by atoms with Crippen LogP contribution < -0.4 is 0 Å². The van der Waals surface area contributed by atoms with E-state index in [2.05, 4.69) is 95.9 Å². The lowest BCUT2D eigenvalue weighted by atomic mass is 9.67. The number of hydrogen-bond acceptors (Lipinski definition) is 1. The van der Waals surface area contributed by atoms with Gasteiger partial charge in [0, 0.05) is 18.0 Å². The molecule has 2 atom stereocenters. The molecule has 164 valence electrons. The quantitative estimate of drug-likeness (QED) is 0.390. The van der Waals surface area contributed by atoms with Crippen molar-refractivity contribution in [1.82, 2.24) is 4.90 Å². The van der Waals surface area contributed by atoms with Crippen LogP contribution in [0.25, 0.3) is 0 Å². The minimum atomic E-state index is -0.118. The standard InChI is InChI=1S/C31H35N/c1-4-10-27(11-5-1)31(28-12-6-2-7-13-28,29-14-8-3-9-15-29)16-17-32-23-26-19-24-18-25(20-26)22-30(32)21-24/h1-15,24-26,30H,16-23H2. The molecule has 4 aliphatic rings. The Bertz CT molecular complexity index is 901. The normalized spacial score (nSPS) is 27.4. The van der Waals surface area contributed by atoms with Crippen molar-refractivity contribution >= 4 is 0 Å². The molecule has 1 nitrogen and oxygen atoms in total. The zero-order valence-corrected chi connectivity index (χ0v) is 19.1. The summed E-state index contributed by atoms with van der Waals surface area (Å²) >= 11 is 0. The van der Waals surface area contributed by atoms with Crippen molar-refractivity contribution in [3.63, 3.8) is 0 Å². The van der Waals surface area contributed by atoms with Crippen LogP contribution in [0.2, 0.25) is 0 Å². The number of rotatable bonds is 6. The molecule has 0 amide bonds. The molecule has 4 bridgehead atoms. The number of benzene rings is 3. The molecule has 1 heteroatoms. The van der Waals surface area contributed by atoms with Crippen LogP contribution in [0.4, 0.5) is 0 Å². The second-order valence-corrected chi connectivity index (χ2v) is 10.7. The Labute approximate surface area is 193 Å². The zero-order chi connectivity index (χ0) is 21.4. The fourth-order valence-electron chi connectivity index (χ4n) is 7.57. The molecule has 3 aromatic rings. The van der Waals surface area contributed by atoms with Crippen LogP contribution >= 0.6 is 0 Å². The van der Waals surface area contributed by atoms with Crippen molar-refractivity contribution in [3.05, 3.63) is 108 Å². The van der Waals surface area contributed by atoms with Gasteiger partial charge < -0.3 is 4.90 Å². The summed E-state index contributed by atoms with van der Waals surface area (Å²) < 4.78 is 0. The van der Waals surface area contributed by atoms with Gasteiger partial charge in [0.2, 0.25) is 0 Å². The van der Waals surface area contributed by atoms with Crippen LogP contribution in [-0.4, -0.2) is 24.0 Å². The molecule has 0 radical (unpaired) electrons. The van der Waals surface area contributed by atoms with Crippen LogP contribution in [0, 0.1) is 17.8 Å². The SMILES string of the molecule is c1ccc(C(CCN2CC3CC4CC(C3)CC2C4)(c2ccccc2)c2ccccc2)cc1. The third-order valence-corrected chi connectivity index (χ3v) is 8.79. The molecular weight excluding hydrogens is 386 g/mol. The van der Waals surface area contributed by atoms with Crippen LogP contribution in [0.1, 0.15) is 55.2 Å². The number of fused-ring (bicyclic) bond motifs is 1. The monoisotopic (exact) mass is 421 g/mol. The Morgan fingerprint density at radius 3 is 1.47 bits per heavy atom. The highest BCUT2D eigenvalue weighted by Crippen LogP contribution is 2.48. The molecule has 2 unspecified atom stereocenters. The van der Waals surface area contributed by atoms with Crippen molar-refractivity contribution in [2.45, 2.75) is 50.0 Å². The molecule has 3 aromatic carbocycles. The Morgan fingerprint density at radius 1 is 0.562 bits per heavy atom. The predicted octanol–water partition coefficient (Wildman–Crippen LogP) is 6.92. The van der Waals surface area contributed by atoms with Gasteiger partial charge in [0.25, 0.3) is 0 Å². The van der Waals surface area contributed by atoms with E-state index >= 15 is 0 Å². The first-order valence-corrected chi connectivity index (χ1v) is 12.7. The Kier molecular flexibility index (Phi) is 5.39. The summed E-state index contributed by atoms with van der Waals surface area (Å²) in [5.74, 6) is 2.94. The second kappa shape index (κ2) is 8.52. The molecule has 0 aromatic heterocycles. The fourth-order valence-corrected chi connectivity index (χ4v) is 7.57. The fraction of sp³-hybridized carbons (Fsp3) is 0.419. The van der Waals surface area contributed by atoms with E-state index in [9.17, 15) is 0 Å². The van der Waals surface area contributed by atoms with E-state index < -0.39 is 0 Å². The van der Waals surface area contributed by atoms with Crippen LogP contribution in [-0.2, 0) is 5.41 Å². The molecule has 2 aliphatic carbocycles. The third kappa shape index (κ3) is 3.61. The minimum absolute atomic E-state index is 0.118. The van der Waals surface area contributed by atoms with Gasteiger partial charge in [0.15, 0.2) is 0 Å². The average Bonchev–Trinajstić information content (AvgIpc) is 3.04. The summed E-state index contributed by atoms with van der Waals surface area (Å²) in [6, 6.07) is 34.6. The van der Waals surface area contributed by atoms with Gasteiger partial charge in [-0.3, -0.25) is 0 Å². The van der Waals surface area contributed by atoms with E-state index in [1.165, 1.54) is 61.9 Å². The first kappa shape index (κ1) is 20.2. The van der Waals surface area contributed by atoms with Crippen molar-refractivity contribution in [2.75, 3.05) is 13.1 Å². The number of nitrogens with zero attached hydrogens (tertiary/aromatic N) is 1. The Morgan fingerprint density at radius 2 is 1.00 bits per heavy atom. The maximum Gasteiger partial charge on any atom is 0.0463 e. The maximum atomic E-state index is 2.91. The average molecular weight is 422 g/mol. The Hall–Kier alpha value is -2.38. The molecule has 32 heavy (non-hydrogen) atoms. The van der Waals surface area contributed by atoms with Crippen LogP contribution in [0.5, 0.6) is 0 Å². The van der Waals surface area contributed by atoms with Crippen molar-refractivity contribution in [3.8, 4) is 0 Å². The molecule has 2 heterocycles. The van der Waals surface area contributed by atoms with Gasteiger partial charge >= 0.3 is 0 Å². The predicted molar refractivity (Wildman–Crippen MR) is 133 cm³/mol. The smallest absolute Gasteiger partial charge is 0.0463 e. The molecule has 4 fully saturated rings. The lowest BCUT2D eigenvalue weighted by Crippen LogP contribution is -2.42. The largest absolute Gasteiger partial charge is 0.300 e. The van der Waals surface area contributed by atoms with Crippen molar-refractivity contribution in [1.29, 1.82) is 0 Å². The second-order valence-electron chi connectivity index (χ2n) is 10.7. The summed E-state index contributed by atoms with van der Waals surface area (Å²) in [5.41, 5.74) is 4.13. The topological polar surface area (TPSA) is 3.24 Å².